The maximum atomic E-state index is 5.40. The van der Waals surface area contributed by atoms with E-state index in [1.165, 1.54) is 0 Å². The number of aromatic nitrogens is 2. The van der Waals surface area contributed by atoms with Crippen LogP contribution in [-0.4, -0.2) is 27.7 Å². The number of aliphatic imine (C=N–C) groups is 1. The van der Waals surface area contributed by atoms with Gasteiger partial charge >= 0.3 is 0 Å². The van der Waals surface area contributed by atoms with Gasteiger partial charge in [0, 0.05) is 12.4 Å². The Hall–Kier alpha value is -1.55. The van der Waals surface area contributed by atoms with Crippen LogP contribution in [0.4, 0.5) is 0 Å². The molecule has 0 radical (unpaired) electrons. The van der Waals surface area contributed by atoms with E-state index >= 15 is 0 Å². The van der Waals surface area contributed by atoms with E-state index < -0.39 is 0 Å². The number of ether oxygens (including phenoxy) is 1. The van der Waals surface area contributed by atoms with Crippen LogP contribution in [0, 0.1) is 0 Å². The predicted molar refractivity (Wildman–Crippen MR) is 64.7 cm³/mol. The lowest BCUT2D eigenvalue weighted by Crippen LogP contribution is -1.98. The third kappa shape index (κ3) is 2.73. The normalized spacial score (nSPS) is 10.2. The lowest BCUT2D eigenvalue weighted by atomic mass is 10.5. The number of thiocarbonyl (C=S) groups is 1. The fraction of sp³-hybridized carbons (Fsp3) is 0.273. The third-order valence-corrected chi connectivity index (χ3v) is 2.20. The Labute approximate surface area is 98.6 Å². The first kappa shape index (κ1) is 11.0. The summed E-state index contributed by atoms with van der Waals surface area (Å²) in [6.45, 7) is 1.59. The first-order valence-corrected chi connectivity index (χ1v) is 5.35. The molecule has 0 aliphatic carbocycles. The highest BCUT2D eigenvalue weighted by Gasteiger charge is 1.99. The number of isothiocyanates is 1. The molecule has 0 aromatic carbocycles. The molecule has 82 valence electrons. The molecule has 2 rings (SSSR count). The Morgan fingerprint density at radius 2 is 2.44 bits per heavy atom. The molecule has 0 fully saturated rings. The van der Waals surface area contributed by atoms with Crippen LogP contribution >= 0.6 is 12.2 Å². The van der Waals surface area contributed by atoms with Crippen LogP contribution in [0.2, 0.25) is 0 Å². The summed E-state index contributed by atoms with van der Waals surface area (Å²) < 4.78 is 7.36. The van der Waals surface area contributed by atoms with Crippen molar-refractivity contribution in [3.05, 3.63) is 36.3 Å². The van der Waals surface area contributed by atoms with E-state index in [1.807, 2.05) is 35.0 Å². The quantitative estimate of drug-likeness (QED) is 0.450. The molecule has 0 saturated heterocycles. The maximum absolute atomic E-state index is 5.40. The van der Waals surface area contributed by atoms with E-state index in [4.69, 9.17) is 4.74 Å². The fourth-order valence-corrected chi connectivity index (χ4v) is 1.48. The van der Waals surface area contributed by atoms with Crippen LogP contribution < -0.4 is 0 Å². The van der Waals surface area contributed by atoms with Gasteiger partial charge in [0.05, 0.1) is 30.6 Å². The largest absolute Gasteiger partial charge is 0.373 e. The molecule has 0 spiro atoms. The van der Waals surface area contributed by atoms with Gasteiger partial charge in [0.2, 0.25) is 0 Å². The zero-order chi connectivity index (χ0) is 11.2. The van der Waals surface area contributed by atoms with E-state index in [1.54, 1.807) is 0 Å². The van der Waals surface area contributed by atoms with Crippen molar-refractivity contribution in [3.8, 4) is 0 Å². The van der Waals surface area contributed by atoms with Gasteiger partial charge in [-0.15, -0.1) is 0 Å². The average Bonchev–Trinajstić information content (AvgIpc) is 2.71. The zero-order valence-electron chi connectivity index (χ0n) is 8.67. The molecule has 2 heterocycles. The molecule has 0 aliphatic heterocycles. The topological polar surface area (TPSA) is 38.9 Å². The average molecular weight is 233 g/mol. The monoisotopic (exact) mass is 233 g/mol. The summed E-state index contributed by atoms with van der Waals surface area (Å²) in [5.41, 5.74) is 1.84. The Bertz CT molecular complexity index is 484. The van der Waals surface area contributed by atoms with Crippen LogP contribution in [0.1, 0.15) is 5.69 Å². The molecule has 0 amide bonds. The Kier molecular flexibility index (Phi) is 3.77. The van der Waals surface area contributed by atoms with Gasteiger partial charge in [-0.05, 0) is 24.4 Å². The first-order valence-electron chi connectivity index (χ1n) is 4.94. The zero-order valence-corrected chi connectivity index (χ0v) is 9.48. The summed E-state index contributed by atoms with van der Waals surface area (Å²) in [4.78, 5) is 8.16. The van der Waals surface area contributed by atoms with Crippen molar-refractivity contribution in [1.82, 2.24) is 9.38 Å². The summed E-state index contributed by atoms with van der Waals surface area (Å²) in [6.07, 6.45) is 3.92. The van der Waals surface area contributed by atoms with Gasteiger partial charge in [0.15, 0.2) is 0 Å². The molecule has 0 unspecified atom stereocenters. The molecule has 0 bridgehead atoms. The van der Waals surface area contributed by atoms with E-state index in [-0.39, 0.29) is 0 Å². The van der Waals surface area contributed by atoms with Crippen molar-refractivity contribution in [2.75, 3.05) is 13.2 Å². The molecule has 16 heavy (non-hydrogen) atoms. The molecule has 0 aliphatic rings. The molecular weight excluding hydrogens is 222 g/mol. The minimum absolute atomic E-state index is 0.495. The molecule has 0 saturated carbocycles. The molecule has 4 nitrogen and oxygen atoms in total. The molecule has 2 aromatic heterocycles. The van der Waals surface area contributed by atoms with Crippen molar-refractivity contribution in [1.29, 1.82) is 0 Å². The van der Waals surface area contributed by atoms with Crippen LogP contribution in [0.25, 0.3) is 5.65 Å². The highest BCUT2D eigenvalue weighted by atomic mass is 32.1. The second-order valence-electron chi connectivity index (χ2n) is 3.22. The molecule has 0 atom stereocenters. The minimum atomic E-state index is 0.495. The predicted octanol–water partition coefficient (Wildman–Crippen LogP) is 1.95. The lowest BCUT2D eigenvalue weighted by molar-refractivity contribution is 0.126. The van der Waals surface area contributed by atoms with E-state index in [0.717, 1.165) is 11.3 Å². The Morgan fingerprint density at radius 1 is 1.50 bits per heavy atom. The SMILES string of the molecule is S=C=NCCOCc1cn2ccccc2n1. The summed E-state index contributed by atoms with van der Waals surface area (Å²) in [5, 5.41) is 2.30. The summed E-state index contributed by atoms with van der Waals surface area (Å²) >= 11 is 4.45. The number of hydrogen-bond acceptors (Lipinski definition) is 4. The van der Waals surface area contributed by atoms with Crippen LogP contribution in [0.3, 0.4) is 0 Å². The smallest absolute Gasteiger partial charge is 0.137 e. The van der Waals surface area contributed by atoms with Gasteiger partial charge in [-0.3, -0.25) is 0 Å². The first-order chi connectivity index (χ1) is 7.90. The number of imidazole rings is 1. The van der Waals surface area contributed by atoms with Gasteiger partial charge < -0.3 is 9.14 Å². The van der Waals surface area contributed by atoms with Crippen molar-refractivity contribution in [2.45, 2.75) is 6.61 Å². The minimum Gasteiger partial charge on any atom is -0.373 e. The number of nitrogens with zero attached hydrogens (tertiary/aromatic N) is 3. The third-order valence-electron chi connectivity index (χ3n) is 2.08. The molecular formula is C11H11N3OS. The summed E-state index contributed by atoms with van der Waals surface area (Å²) in [6, 6.07) is 5.88. The number of hydrogen-bond donors (Lipinski definition) is 0. The summed E-state index contributed by atoms with van der Waals surface area (Å²) in [7, 11) is 0. The van der Waals surface area contributed by atoms with Crippen molar-refractivity contribution < 1.29 is 4.74 Å². The lowest BCUT2D eigenvalue weighted by Gasteiger charge is -1.96. The van der Waals surface area contributed by atoms with E-state index in [2.05, 4.69) is 27.4 Å². The van der Waals surface area contributed by atoms with E-state index in [9.17, 15) is 0 Å². The Morgan fingerprint density at radius 3 is 3.25 bits per heavy atom. The van der Waals surface area contributed by atoms with Crippen LogP contribution in [0.5, 0.6) is 0 Å². The molecule has 5 heteroatoms. The van der Waals surface area contributed by atoms with Crippen molar-refractivity contribution >= 4 is 23.0 Å². The van der Waals surface area contributed by atoms with Gasteiger partial charge in [-0.2, -0.15) is 0 Å². The second kappa shape index (κ2) is 5.51. The molecule has 2 aromatic rings. The van der Waals surface area contributed by atoms with Crippen LogP contribution in [0.15, 0.2) is 35.6 Å². The van der Waals surface area contributed by atoms with Gasteiger partial charge in [0.25, 0.3) is 0 Å². The number of rotatable bonds is 5. The highest BCUT2D eigenvalue weighted by Crippen LogP contribution is 2.05. The van der Waals surface area contributed by atoms with Crippen LogP contribution in [-0.2, 0) is 11.3 Å². The van der Waals surface area contributed by atoms with Gasteiger partial charge in [-0.1, -0.05) is 6.07 Å². The fourth-order valence-electron chi connectivity index (χ4n) is 1.39. The Balaban J connectivity index is 1.92. The second-order valence-corrected chi connectivity index (χ2v) is 3.41. The van der Waals surface area contributed by atoms with Crippen molar-refractivity contribution in [3.63, 3.8) is 0 Å². The van der Waals surface area contributed by atoms with Gasteiger partial charge in [0.1, 0.15) is 5.65 Å². The number of fused-ring (bicyclic) bond motifs is 1. The summed E-state index contributed by atoms with van der Waals surface area (Å²) in [5.74, 6) is 0. The molecule has 0 N–H and O–H groups in total. The number of pyridine rings is 1. The highest BCUT2D eigenvalue weighted by molar-refractivity contribution is 7.78. The standard InChI is InChI=1S/C11H11N3OS/c16-9-12-4-6-15-8-10-7-14-5-2-1-3-11(14)13-10/h1-3,5,7H,4,6,8H2. The van der Waals surface area contributed by atoms with Gasteiger partial charge in [-0.25, -0.2) is 9.98 Å². The maximum Gasteiger partial charge on any atom is 0.137 e. The van der Waals surface area contributed by atoms with E-state index in [0.29, 0.717) is 19.8 Å². The van der Waals surface area contributed by atoms with Crippen molar-refractivity contribution in [2.24, 2.45) is 4.99 Å².